The molecule has 0 radical (unpaired) electrons. The van der Waals surface area contributed by atoms with Crippen molar-refractivity contribution < 1.29 is 14.3 Å². The molecule has 1 heterocycles. The number of carbonyl (C=O) groups excluding carboxylic acids is 2. The topological polar surface area (TPSA) is 89.4 Å². The molecule has 0 aliphatic rings. The van der Waals surface area contributed by atoms with Crippen LogP contribution >= 0.6 is 0 Å². The van der Waals surface area contributed by atoms with Gasteiger partial charge in [0.1, 0.15) is 5.60 Å². The lowest BCUT2D eigenvalue weighted by Gasteiger charge is -2.19. The van der Waals surface area contributed by atoms with E-state index in [9.17, 15) is 14.4 Å². The molecule has 0 saturated heterocycles. The smallest absolute Gasteiger partial charge is 0.407 e. The summed E-state index contributed by atoms with van der Waals surface area (Å²) in [5.41, 5.74) is -0.352. The predicted molar refractivity (Wildman–Crippen MR) is 78.3 cm³/mol. The van der Waals surface area contributed by atoms with Crippen LogP contribution in [0, 0.1) is 0 Å². The first kappa shape index (κ1) is 16.7. The van der Waals surface area contributed by atoms with Gasteiger partial charge in [0.05, 0.1) is 5.56 Å². The van der Waals surface area contributed by atoms with E-state index in [1.54, 1.807) is 27.8 Å². The fraction of sp³-hybridized carbons (Fsp3) is 0.500. The van der Waals surface area contributed by atoms with Crippen LogP contribution in [-0.2, 0) is 11.8 Å². The zero-order chi connectivity index (χ0) is 16.0. The molecule has 0 atom stereocenters. The fourth-order valence-corrected chi connectivity index (χ4v) is 1.49. The highest BCUT2D eigenvalue weighted by Crippen LogP contribution is 2.05. The minimum Gasteiger partial charge on any atom is -0.444 e. The van der Waals surface area contributed by atoms with Crippen LogP contribution in [0.2, 0.25) is 0 Å². The maximum Gasteiger partial charge on any atom is 0.407 e. The van der Waals surface area contributed by atoms with Crippen molar-refractivity contribution in [2.45, 2.75) is 26.4 Å². The highest BCUT2D eigenvalue weighted by molar-refractivity contribution is 5.93. The Labute approximate surface area is 123 Å². The van der Waals surface area contributed by atoms with Crippen molar-refractivity contribution in [2.75, 3.05) is 13.1 Å². The molecule has 1 rings (SSSR count). The number of ether oxygens (including phenoxy) is 1. The van der Waals surface area contributed by atoms with E-state index in [-0.39, 0.29) is 24.6 Å². The maximum absolute atomic E-state index is 11.8. The summed E-state index contributed by atoms with van der Waals surface area (Å²) in [7, 11) is 1.57. The van der Waals surface area contributed by atoms with Crippen molar-refractivity contribution >= 4 is 12.0 Å². The Kier molecular flexibility index (Phi) is 5.52. The second-order valence-electron chi connectivity index (χ2n) is 5.55. The highest BCUT2D eigenvalue weighted by Gasteiger charge is 2.15. The quantitative estimate of drug-likeness (QED) is 0.798. The molecule has 1 aromatic rings. The number of carbonyl (C=O) groups is 2. The molecule has 0 saturated carbocycles. The van der Waals surface area contributed by atoms with Gasteiger partial charge in [-0.3, -0.25) is 9.59 Å². The molecule has 0 aromatic carbocycles. The number of hydrogen-bond acceptors (Lipinski definition) is 4. The van der Waals surface area contributed by atoms with Crippen molar-refractivity contribution in [1.29, 1.82) is 0 Å². The Morgan fingerprint density at radius 1 is 1.19 bits per heavy atom. The van der Waals surface area contributed by atoms with Crippen molar-refractivity contribution in [3.63, 3.8) is 0 Å². The fourth-order valence-electron chi connectivity index (χ4n) is 1.49. The van der Waals surface area contributed by atoms with Crippen molar-refractivity contribution in [2.24, 2.45) is 7.05 Å². The number of nitrogens with zero attached hydrogens (tertiary/aromatic N) is 1. The summed E-state index contributed by atoms with van der Waals surface area (Å²) in [5, 5.41) is 5.17. The number of rotatable bonds is 4. The first-order chi connectivity index (χ1) is 9.69. The largest absolute Gasteiger partial charge is 0.444 e. The standard InChI is InChI=1S/C14H21N3O4/c1-14(2,3)21-13(20)16-8-7-15-12(19)10-5-6-11(18)17(4)9-10/h5-6,9H,7-8H2,1-4H3,(H,15,19)(H,16,20). The van der Waals surface area contributed by atoms with Gasteiger partial charge in [0.25, 0.3) is 5.91 Å². The molecule has 1 aromatic heterocycles. The number of aryl methyl sites for hydroxylation is 1. The molecule has 0 aliphatic heterocycles. The lowest BCUT2D eigenvalue weighted by Crippen LogP contribution is -2.38. The van der Waals surface area contributed by atoms with E-state index >= 15 is 0 Å². The summed E-state index contributed by atoms with van der Waals surface area (Å²) in [5.74, 6) is -0.309. The first-order valence-corrected chi connectivity index (χ1v) is 6.61. The van der Waals surface area contributed by atoms with Crippen LogP contribution in [0.15, 0.2) is 23.1 Å². The van der Waals surface area contributed by atoms with Gasteiger partial charge in [0, 0.05) is 32.4 Å². The van der Waals surface area contributed by atoms with Crippen molar-refractivity contribution in [3.05, 3.63) is 34.2 Å². The van der Waals surface area contributed by atoms with Gasteiger partial charge in [-0.2, -0.15) is 0 Å². The lowest BCUT2D eigenvalue weighted by molar-refractivity contribution is 0.0526. The second-order valence-corrected chi connectivity index (χ2v) is 5.55. The van der Waals surface area contributed by atoms with Crippen LogP contribution in [0.25, 0.3) is 0 Å². The molecule has 0 bridgehead atoms. The highest BCUT2D eigenvalue weighted by atomic mass is 16.6. The number of amides is 2. The van der Waals surface area contributed by atoms with E-state index in [0.29, 0.717) is 5.56 Å². The Balaban J connectivity index is 2.35. The number of aromatic nitrogens is 1. The average Bonchev–Trinajstić information content (AvgIpc) is 2.35. The summed E-state index contributed by atoms with van der Waals surface area (Å²) < 4.78 is 6.38. The molecule has 2 N–H and O–H groups in total. The Morgan fingerprint density at radius 2 is 1.81 bits per heavy atom. The van der Waals surface area contributed by atoms with E-state index in [2.05, 4.69) is 10.6 Å². The molecule has 0 spiro atoms. The molecule has 2 amide bonds. The van der Waals surface area contributed by atoms with Gasteiger partial charge in [-0.1, -0.05) is 0 Å². The molecule has 0 unspecified atom stereocenters. The van der Waals surface area contributed by atoms with Crippen LogP contribution in [0.1, 0.15) is 31.1 Å². The number of nitrogens with one attached hydrogen (secondary N) is 2. The summed E-state index contributed by atoms with van der Waals surface area (Å²) in [6.07, 6.45) is 0.928. The van der Waals surface area contributed by atoms with Crippen LogP contribution in [0.4, 0.5) is 4.79 Å². The number of alkyl carbamates (subject to hydrolysis) is 1. The zero-order valence-corrected chi connectivity index (χ0v) is 12.7. The van der Waals surface area contributed by atoms with Crippen LogP contribution in [0.3, 0.4) is 0 Å². The van der Waals surface area contributed by atoms with Gasteiger partial charge in [-0.25, -0.2) is 4.79 Å². The summed E-state index contributed by atoms with van der Waals surface area (Å²) in [6, 6.07) is 2.78. The third kappa shape index (κ3) is 6.11. The minimum atomic E-state index is -0.553. The van der Waals surface area contributed by atoms with E-state index in [4.69, 9.17) is 4.74 Å². The van der Waals surface area contributed by atoms with E-state index in [0.717, 1.165) is 0 Å². The predicted octanol–water partition coefficient (Wildman–Crippen LogP) is 0.640. The van der Waals surface area contributed by atoms with Crippen molar-refractivity contribution in [1.82, 2.24) is 15.2 Å². The Hall–Kier alpha value is -2.31. The summed E-state index contributed by atoms with van der Waals surface area (Å²) >= 11 is 0. The number of pyridine rings is 1. The molecule has 116 valence electrons. The third-order valence-corrected chi connectivity index (χ3v) is 2.43. The minimum absolute atomic E-state index is 0.182. The lowest BCUT2D eigenvalue weighted by atomic mass is 10.2. The van der Waals surface area contributed by atoms with Gasteiger partial charge in [0.2, 0.25) is 5.56 Å². The molecular weight excluding hydrogens is 274 g/mol. The maximum atomic E-state index is 11.8. The van der Waals surface area contributed by atoms with Gasteiger partial charge in [-0.15, -0.1) is 0 Å². The molecular formula is C14H21N3O4. The van der Waals surface area contributed by atoms with Gasteiger partial charge < -0.3 is 19.9 Å². The summed E-state index contributed by atoms with van der Waals surface area (Å²) in [6.45, 7) is 5.84. The third-order valence-electron chi connectivity index (χ3n) is 2.43. The first-order valence-electron chi connectivity index (χ1n) is 6.61. The molecule has 21 heavy (non-hydrogen) atoms. The van der Waals surface area contributed by atoms with Crippen LogP contribution < -0.4 is 16.2 Å². The second kappa shape index (κ2) is 6.92. The van der Waals surface area contributed by atoms with E-state index in [1.165, 1.54) is 22.9 Å². The van der Waals surface area contributed by atoms with Gasteiger partial charge in [-0.05, 0) is 26.8 Å². The monoisotopic (exact) mass is 295 g/mol. The molecule has 0 aliphatic carbocycles. The normalized spacial score (nSPS) is 10.9. The molecule has 0 fully saturated rings. The molecule has 7 heteroatoms. The van der Waals surface area contributed by atoms with Gasteiger partial charge >= 0.3 is 6.09 Å². The van der Waals surface area contributed by atoms with Gasteiger partial charge in [0.15, 0.2) is 0 Å². The van der Waals surface area contributed by atoms with E-state index < -0.39 is 11.7 Å². The average molecular weight is 295 g/mol. The zero-order valence-electron chi connectivity index (χ0n) is 12.7. The van der Waals surface area contributed by atoms with E-state index in [1.807, 2.05) is 0 Å². The molecule has 7 nitrogen and oxygen atoms in total. The Morgan fingerprint density at radius 3 is 2.38 bits per heavy atom. The van der Waals surface area contributed by atoms with Crippen molar-refractivity contribution in [3.8, 4) is 0 Å². The Bertz CT molecular complexity index is 572. The summed E-state index contributed by atoms with van der Waals surface area (Å²) in [4.78, 5) is 34.4. The SMILES string of the molecule is Cn1cc(C(=O)NCCNC(=O)OC(C)(C)C)ccc1=O. The van der Waals surface area contributed by atoms with Crippen LogP contribution in [0.5, 0.6) is 0 Å². The van der Waals surface area contributed by atoms with Crippen LogP contribution in [-0.4, -0.2) is 35.3 Å². The number of hydrogen-bond donors (Lipinski definition) is 2.